The predicted octanol–water partition coefficient (Wildman–Crippen LogP) is -4.30. The Hall–Kier alpha value is -0.520. The Kier molecular flexibility index (Phi) is 8.95. The molecule has 0 aromatic heterocycles. The van der Waals surface area contributed by atoms with Crippen molar-refractivity contribution in [1.82, 2.24) is 5.32 Å². The summed E-state index contributed by atoms with van der Waals surface area (Å²) in [6, 6.07) is -2.53. The number of aliphatic hydroxyl groups is 6. The maximum absolute atomic E-state index is 11.1. The number of nitrogens with two attached hydrogens (primary N) is 2. The summed E-state index contributed by atoms with van der Waals surface area (Å²) in [5, 5.41) is 65.5. The maximum Gasteiger partial charge on any atom is 0.185 e. The predicted molar refractivity (Wildman–Crippen MR) is 117 cm³/mol. The molecule has 0 aromatic rings. The van der Waals surface area contributed by atoms with Crippen molar-refractivity contribution in [2.45, 2.75) is 112 Å². The van der Waals surface area contributed by atoms with Gasteiger partial charge in [0.05, 0.1) is 30.9 Å². The van der Waals surface area contributed by atoms with Crippen molar-refractivity contribution in [3.05, 3.63) is 0 Å². The topological polar surface area (TPSA) is 222 Å². The molecule has 13 nitrogen and oxygen atoms in total. The number of likely N-dealkylation sites (N-methyl/N-ethyl adjacent to an activating group) is 1. The standard InChI is InChI=1S/C21H41N3O10/c1-7-5-9(22)17(34-19-10(23)11(26)12(27)16(33-19)8(2)25)13(28)15(7)32-20-14(29)18(24-4)21(3,30)6-31-20/h7-20,24-30H,5-6,22-23H2,1-4H3/t7-,8-,9+,10+,11+,12-,13-,14+,15+,16+,17-,18+,19+,20+,21-/m0/s1. The van der Waals surface area contributed by atoms with Gasteiger partial charge in [0.25, 0.3) is 0 Å². The summed E-state index contributed by atoms with van der Waals surface area (Å²) in [5.74, 6) is -0.241. The molecule has 3 rings (SSSR count). The number of aliphatic hydroxyl groups excluding tert-OH is 5. The lowest BCUT2D eigenvalue weighted by Crippen LogP contribution is -2.68. The van der Waals surface area contributed by atoms with Gasteiger partial charge in [0.1, 0.15) is 42.2 Å². The number of ether oxygens (including phenoxy) is 4. The van der Waals surface area contributed by atoms with Gasteiger partial charge in [0.15, 0.2) is 12.6 Å². The third kappa shape index (κ3) is 5.42. The van der Waals surface area contributed by atoms with Crippen molar-refractivity contribution in [3.63, 3.8) is 0 Å². The molecule has 1 aliphatic carbocycles. The third-order valence-corrected chi connectivity index (χ3v) is 7.19. The number of hydrogen-bond acceptors (Lipinski definition) is 13. The molecule has 2 heterocycles. The molecule has 0 aromatic carbocycles. The normalized spacial score (nSPS) is 53.5. The van der Waals surface area contributed by atoms with E-state index < -0.39 is 85.1 Å². The molecule has 15 atom stereocenters. The highest BCUT2D eigenvalue weighted by Crippen LogP contribution is 2.34. The second-order valence-corrected chi connectivity index (χ2v) is 10.1. The summed E-state index contributed by atoms with van der Waals surface area (Å²) in [6.45, 7) is 4.67. The smallest absolute Gasteiger partial charge is 0.185 e. The van der Waals surface area contributed by atoms with E-state index in [1.807, 2.05) is 6.92 Å². The quantitative estimate of drug-likeness (QED) is 0.170. The Morgan fingerprint density at radius 2 is 1.62 bits per heavy atom. The number of rotatable bonds is 6. The lowest BCUT2D eigenvalue weighted by molar-refractivity contribution is -0.322. The molecule has 34 heavy (non-hydrogen) atoms. The highest BCUT2D eigenvalue weighted by molar-refractivity contribution is 5.01. The zero-order valence-corrected chi connectivity index (χ0v) is 20.0. The molecule has 13 heteroatoms. The van der Waals surface area contributed by atoms with Crippen molar-refractivity contribution in [2.75, 3.05) is 13.7 Å². The van der Waals surface area contributed by atoms with E-state index in [9.17, 15) is 30.6 Å². The molecular formula is C21H41N3O10. The molecule has 0 amide bonds. The SMILES string of the molecule is CN[C@@H]1[C@@H](O)[C@@H](O[C@H]2[C@H](O)[C@@H](O[C@H]3O[C@H]([C@H](C)O)[C@@H](O)[C@H](O)[C@H]3N)[C@H](N)C[C@@H]2C)OC[C@]1(C)O. The highest BCUT2D eigenvalue weighted by atomic mass is 16.7. The van der Waals surface area contributed by atoms with Gasteiger partial charge >= 0.3 is 0 Å². The van der Waals surface area contributed by atoms with E-state index in [1.165, 1.54) is 13.8 Å². The fourth-order valence-electron chi connectivity index (χ4n) is 5.18. The first-order chi connectivity index (χ1) is 15.8. The van der Waals surface area contributed by atoms with Crippen molar-refractivity contribution in [3.8, 4) is 0 Å². The van der Waals surface area contributed by atoms with Gasteiger partial charge in [-0.25, -0.2) is 0 Å². The Labute approximate surface area is 198 Å². The van der Waals surface area contributed by atoms with Crippen molar-refractivity contribution in [2.24, 2.45) is 17.4 Å². The molecule has 0 unspecified atom stereocenters. The summed E-state index contributed by atoms with van der Waals surface area (Å²) in [5.41, 5.74) is 10.9. The van der Waals surface area contributed by atoms with Gasteiger partial charge in [0, 0.05) is 6.04 Å². The van der Waals surface area contributed by atoms with Crippen LogP contribution in [0.3, 0.4) is 0 Å². The molecule has 2 saturated heterocycles. The van der Waals surface area contributed by atoms with Crippen LogP contribution >= 0.6 is 0 Å². The Bertz CT molecular complexity index is 673. The minimum Gasteiger partial charge on any atom is -0.391 e. The number of nitrogens with one attached hydrogen (secondary N) is 1. The molecule has 3 fully saturated rings. The lowest BCUT2D eigenvalue weighted by atomic mass is 9.80. The largest absolute Gasteiger partial charge is 0.391 e. The second kappa shape index (κ2) is 10.8. The van der Waals surface area contributed by atoms with Crippen LogP contribution in [0.2, 0.25) is 0 Å². The van der Waals surface area contributed by atoms with E-state index in [2.05, 4.69) is 5.32 Å². The van der Waals surface area contributed by atoms with Gasteiger partial charge in [-0.3, -0.25) is 0 Å². The second-order valence-electron chi connectivity index (χ2n) is 10.1. The zero-order valence-electron chi connectivity index (χ0n) is 20.0. The van der Waals surface area contributed by atoms with Crippen LogP contribution in [0.4, 0.5) is 0 Å². The maximum atomic E-state index is 11.1. The average molecular weight is 496 g/mol. The van der Waals surface area contributed by atoms with Gasteiger partial charge in [-0.15, -0.1) is 0 Å². The van der Waals surface area contributed by atoms with Crippen LogP contribution in [0.5, 0.6) is 0 Å². The van der Waals surface area contributed by atoms with Gasteiger partial charge in [-0.2, -0.15) is 0 Å². The van der Waals surface area contributed by atoms with Gasteiger partial charge in [-0.1, -0.05) is 6.92 Å². The van der Waals surface area contributed by atoms with E-state index >= 15 is 0 Å². The van der Waals surface area contributed by atoms with E-state index in [1.54, 1.807) is 7.05 Å². The van der Waals surface area contributed by atoms with Crippen LogP contribution in [-0.2, 0) is 18.9 Å². The molecule has 200 valence electrons. The van der Waals surface area contributed by atoms with E-state index in [4.69, 9.17) is 30.4 Å². The summed E-state index contributed by atoms with van der Waals surface area (Å²) in [4.78, 5) is 0. The fourth-order valence-corrected chi connectivity index (χ4v) is 5.18. The molecule has 0 bridgehead atoms. The van der Waals surface area contributed by atoms with E-state index in [0.29, 0.717) is 6.42 Å². The Morgan fingerprint density at radius 1 is 1.00 bits per heavy atom. The first kappa shape index (κ1) is 28.1. The van der Waals surface area contributed by atoms with Crippen LogP contribution in [0.25, 0.3) is 0 Å². The number of hydrogen-bond donors (Lipinski definition) is 9. The van der Waals surface area contributed by atoms with Crippen molar-refractivity contribution in [1.29, 1.82) is 0 Å². The third-order valence-electron chi connectivity index (χ3n) is 7.19. The molecular weight excluding hydrogens is 454 g/mol. The molecule has 2 aliphatic heterocycles. The van der Waals surface area contributed by atoms with Crippen LogP contribution in [0.15, 0.2) is 0 Å². The van der Waals surface area contributed by atoms with Crippen LogP contribution < -0.4 is 16.8 Å². The molecule has 0 radical (unpaired) electrons. The molecule has 3 aliphatic rings. The van der Waals surface area contributed by atoms with Gasteiger partial charge in [0.2, 0.25) is 0 Å². The summed E-state index contributed by atoms with van der Waals surface area (Å²) < 4.78 is 23.0. The van der Waals surface area contributed by atoms with Crippen molar-refractivity contribution < 1.29 is 49.6 Å². The van der Waals surface area contributed by atoms with E-state index in [0.717, 1.165) is 0 Å². The summed E-state index contributed by atoms with van der Waals surface area (Å²) in [6.07, 6.45) is -11.5. The van der Waals surface area contributed by atoms with Gasteiger partial charge in [-0.05, 0) is 33.2 Å². The van der Waals surface area contributed by atoms with Crippen LogP contribution in [0, 0.1) is 5.92 Å². The highest BCUT2D eigenvalue weighted by Gasteiger charge is 2.52. The average Bonchev–Trinajstić information content (AvgIpc) is 2.75. The van der Waals surface area contributed by atoms with Crippen molar-refractivity contribution >= 4 is 0 Å². The fraction of sp³-hybridized carbons (Fsp3) is 1.00. The molecule has 0 spiro atoms. The van der Waals surface area contributed by atoms with Crippen LogP contribution in [-0.4, -0.2) is 129 Å². The lowest BCUT2D eigenvalue weighted by Gasteiger charge is -2.49. The molecule has 1 saturated carbocycles. The molecule has 11 N–H and O–H groups in total. The zero-order chi connectivity index (χ0) is 25.5. The van der Waals surface area contributed by atoms with Gasteiger partial charge < -0.3 is 66.4 Å². The monoisotopic (exact) mass is 495 g/mol. The van der Waals surface area contributed by atoms with Crippen LogP contribution in [0.1, 0.15) is 27.2 Å². The first-order valence-electron chi connectivity index (χ1n) is 11.7. The minimum absolute atomic E-state index is 0.0947. The summed E-state index contributed by atoms with van der Waals surface area (Å²) in [7, 11) is 1.60. The first-order valence-corrected chi connectivity index (χ1v) is 11.7. The minimum atomic E-state index is -1.43. The Balaban J connectivity index is 1.73. The summed E-state index contributed by atoms with van der Waals surface area (Å²) >= 11 is 0. The Morgan fingerprint density at radius 3 is 2.21 bits per heavy atom. The van der Waals surface area contributed by atoms with E-state index in [-0.39, 0.29) is 12.5 Å².